The van der Waals surface area contributed by atoms with Gasteiger partial charge in [0.1, 0.15) is 0 Å². The van der Waals surface area contributed by atoms with Gasteiger partial charge in [0.05, 0.1) is 11.1 Å². The third-order valence-corrected chi connectivity index (χ3v) is 3.44. The van der Waals surface area contributed by atoms with Gasteiger partial charge in [0.25, 0.3) is 0 Å². The second-order valence-electron chi connectivity index (χ2n) is 5.96. The monoisotopic (exact) mass is 194 g/mol. The summed E-state index contributed by atoms with van der Waals surface area (Å²) in [6.07, 6.45) is 6.33. The first kappa shape index (κ1) is 10.0. The number of hydrogen-bond acceptors (Lipinski definition) is 2. The predicted molar refractivity (Wildman–Crippen MR) is 60.5 cm³/mol. The number of piperidine rings is 1. The van der Waals surface area contributed by atoms with Crippen molar-refractivity contribution in [1.82, 2.24) is 5.01 Å². The van der Waals surface area contributed by atoms with Crippen molar-refractivity contribution in [3.8, 4) is 0 Å². The lowest BCUT2D eigenvalue weighted by Gasteiger charge is -2.51. The molecule has 0 aromatic rings. The second kappa shape index (κ2) is 2.98. The first-order chi connectivity index (χ1) is 6.42. The molecule has 0 spiro atoms. The smallest absolute Gasteiger partial charge is 0.0529 e. The van der Waals surface area contributed by atoms with Gasteiger partial charge in [-0.15, -0.1) is 0 Å². The Morgan fingerprint density at radius 3 is 1.93 bits per heavy atom. The molecule has 0 N–H and O–H groups in total. The molecule has 1 saturated carbocycles. The van der Waals surface area contributed by atoms with E-state index in [1.807, 2.05) is 0 Å². The van der Waals surface area contributed by atoms with E-state index in [4.69, 9.17) is 5.10 Å². The number of hydrogen-bond donors (Lipinski definition) is 0. The molecule has 1 saturated heterocycles. The van der Waals surface area contributed by atoms with E-state index in [1.165, 1.54) is 37.8 Å². The Bertz CT molecular complexity index is 241. The quantitative estimate of drug-likeness (QED) is 0.626. The zero-order valence-corrected chi connectivity index (χ0v) is 9.93. The van der Waals surface area contributed by atoms with Gasteiger partial charge >= 0.3 is 0 Å². The third-order valence-electron chi connectivity index (χ3n) is 3.44. The van der Waals surface area contributed by atoms with Gasteiger partial charge in [0.15, 0.2) is 0 Å². The molecular formula is C12H22N2. The van der Waals surface area contributed by atoms with Crippen LogP contribution in [0.1, 0.15) is 59.8 Å². The van der Waals surface area contributed by atoms with Crippen LogP contribution in [0.3, 0.4) is 0 Å². The van der Waals surface area contributed by atoms with Crippen molar-refractivity contribution in [2.24, 2.45) is 5.10 Å². The van der Waals surface area contributed by atoms with Gasteiger partial charge in [-0.05, 0) is 59.8 Å². The molecule has 0 atom stereocenters. The number of rotatable bonds is 1. The highest BCUT2D eigenvalue weighted by molar-refractivity contribution is 5.97. The fourth-order valence-corrected chi connectivity index (χ4v) is 2.55. The molecule has 80 valence electrons. The number of nitrogens with zero attached hydrogens (tertiary/aromatic N) is 2. The molecule has 0 radical (unpaired) electrons. The summed E-state index contributed by atoms with van der Waals surface area (Å²) in [5.41, 5.74) is 1.89. The first-order valence-electron chi connectivity index (χ1n) is 5.79. The molecule has 14 heavy (non-hydrogen) atoms. The van der Waals surface area contributed by atoms with E-state index < -0.39 is 0 Å². The zero-order chi connectivity index (χ0) is 10.4. The van der Waals surface area contributed by atoms with Crippen LogP contribution in [0.4, 0.5) is 0 Å². The summed E-state index contributed by atoms with van der Waals surface area (Å²) >= 11 is 0. The first-order valence-corrected chi connectivity index (χ1v) is 5.79. The molecule has 0 amide bonds. The maximum atomic E-state index is 4.80. The van der Waals surface area contributed by atoms with Crippen LogP contribution < -0.4 is 0 Å². The van der Waals surface area contributed by atoms with Crippen LogP contribution in [0.5, 0.6) is 0 Å². The summed E-state index contributed by atoms with van der Waals surface area (Å²) in [6, 6.07) is 0. The molecule has 2 fully saturated rings. The van der Waals surface area contributed by atoms with Gasteiger partial charge in [0.2, 0.25) is 0 Å². The van der Waals surface area contributed by atoms with E-state index in [2.05, 4.69) is 32.7 Å². The molecule has 1 aliphatic carbocycles. The Kier molecular flexibility index (Phi) is 2.13. The SMILES string of the molecule is CC1(C)CCCC(C)(C)N1N=C1CC1. The Morgan fingerprint density at radius 1 is 1.00 bits per heavy atom. The van der Waals surface area contributed by atoms with Crippen LogP contribution in [0.2, 0.25) is 0 Å². The fraction of sp³-hybridized carbons (Fsp3) is 0.917. The van der Waals surface area contributed by atoms with Gasteiger partial charge in [-0.2, -0.15) is 5.10 Å². The molecule has 2 aliphatic rings. The maximum Gasteiger partial charge on any atom is 0.0529 e. The molecule has 2 nitrogen and oxygen atoms in total. The Morgan fingerprint density at radius 2 is 1.50 bits per heavy atom. The van der Waals surface area contributed by atoms with Crippen molar-refractivity contribution in [2.45, 2.75) is 70.9 Å². The zero-order valence-electron chi connectivity index (χ0n) is 9.93. The van der Waals surface area contributed by atoms with Crippen molar-refractivity contribution in [2.75, 3.05) is 0 Å². The van der Waals surface area contributed by atoms with Gasteiger partial charge < -0.3 is 0 Å². The Hall–Kier alpha value is -0.530. The predicted octanol–water partition coefficient (Wildman–Crippen LogP) is 3.18. The van der Waals surface area contributed by atoms with Crippen molar-refractivity contribution in [3.05, 3.63) is 0 Å². The van der Waals surface area contributed by atoms with Crippen molar-refractivity contribution in [3.63, 3.8) is 0 Å². The van der Waals surface area contributed by atoms with E-state index in [0.29, 0.717) is 0 Å². The largest absolute Gasteiger partial charge is 0.286 e. The van der Waals surface area contributed by atoms with Crippen molar-refractivity contribution < 1.29 is 0 Å². The minimum absolute atomic E-state index is 0.247. The summed E-state index contributed by atoms with van der Waals surface area (Å²) in [6.45, 7) is 9.28. The van der Waals surface area contributed by atoms with E-state index in [9.17, 15) is 0 Å². The van der Waals surface area contributed by atoms with Gasteiger partial charge in [-0.1, -0.05) is 0 Å². The van der Waals surface area contributed by atoms with E-state index in [1.54, 1.807) is 0 Å². The fourth-order valence-electron chi connectivity index (χ4n) is 2.55. The summed E-state index contributed by atoms with van der Waals surface area (Å²) < 4.78 is 0. The molecule has 0 aromatic carbocycles. The van der Waals surface area contributed by atoms with E-state index in [0.717, 1.165) is 0 Å². The second-order valence-corrected chi connectivity index (χ2v) is 5.96. The third kappa shape index (κ3) is 1.79. The van der Waals surface area contributed by atoms with Gasteiger partial charge in [0, 0.05) is 5.71 Å². The van der Waals surface area contributed by atoms with E-state index in [-0.39, 0.29) is 11.1 Å². The maximum absolute atomic E-state index is 4.80. The van der Waals surface area contributed by atoms with E-state index >= 15 is 0 Å². The number of hydrazone groups is 1. The van der Waals surface area contributed by atoms with Gasteiger partial charge in [-0.25, -0.2) is 0 Å². The Balaban J connectivity index is 2.24. The van der Waals surface area contributed by atoms with Crippen LogP contribution in [0.15, 0.2) is 5.10 Å². The molecular weight excluding hydrogens is 172 g/mol. The summed E-state index contributed by atoms with van der Waals surface area (Å²) in [5, 5.41) is 7.17. The molecule has 1 aliphatic heterocycles. The van der Waals surface area contributed by atoms with Crippen molar-refractivity contribution in [1.29, 1.82) is 0 Å². The lowest BCUT2D eigenvalue weighted by Crippen LogP contribution is -2.55. The average Bonchev–Trinajstić information content (AvgIpc) is 2.79. The van der Waals surface area contributed by atoms with Gasteiger partial charge in [-0.3, -0.25) is 5.01 Å². The standard InChI is InChI=1S/C12H22N2/c1-11(2)8-5-9-12(3,4)14(11)13-10-6-7-10/h5-9H2,1-4H3. The van der Waals surface area contributed by atoms with Crippen LogP contribution in [0.25, 0.3) is 0 Å². The lowest BCUT2D eigenvalue weighted by atomic mass is 9.82. The average molecular weight is 194 g/mol. The summed E-state index contributed by atoms with van der Waals surface area (Å²) in [7, 11) is 0. The van der Waals surface area contributed by atoms with Crippen LogP contribution in [-0.4, -0.2) is 21.8 Å². The lowest BCUT2D eigenvalue weighted by molar-refractivity contribution is -0.0244. The highest BCUT2D eigenvalue weighted by Gasteiger charge is 2.41. The molecule has 0 unspecified atom stereocenters. The minimum atomic E-state index is 0.247. The van der Waals surface area contributed by atoms with Crippen LogP contribution in [0, 0.1) is 0 Å². The molecule has 2 heteroatoms. The normalized spacial score (nSPS) is 28.9. The highest BCUT2D eigenvalue weighted by Crippen LogP contribution is 2.39. The molecule has 1 heterocycles. The highest BCUT2D eigenvalue weighted by atomic mass is 15.5. The topological polar surface area (TPSA) is 15.6 Å². The summed E-state index contributed by atoms with van der Waals surface area (Å²) in [4.78, 5) is 0. The minimum Gasteiger partial charge on any atom is -0.286 e. The van der Waals surface area contributed by atoms with Crippen LogP contribution >= 0.6 is 0 Å². The van der Waals surface area contributed by atoms with Crippen LogP contribution in [-0.2, 0) is 0 Å². The Labute approximate surface area is 87.4 Å². The molecule has 2 rings (SSSR count). The summed E-state index contributed by atoms with van der Waals surface area (Å²) in [5.74, 6) is 0. The molecule has 0 bridgehead atoms. The molecule has 0 aromatic heterocycles. The van der Waals surface area contributed by atoms with Crippen molar-refractivity contribution >= 4 is 5.71 Å².